The molecule has 0 amide bonds. The molecule has 27 heavy (non-hydrogen) atoms. The van der Waals surface area contributed by atoms with Crippen LogP contribution in [-0.2, 0) is 27.1 Å². The monoisotopic (exact) mass is 510 g/mol. The average Bonchev–Trinajstić information content (AvgIpc) is 3.04. The van der Waals surface area contributed by atoms with E-state index < -0.39 is 10.0 Å². The second-order valence-corrected chi connectivity index (χ2v) is 8.66. The molecule has 0 radical (unpaired) electrons. The number of guanidine groups is 1. The van der Waals surface area contributed by atoms with E-state index in [-0.39, 0.29) is 35.3 Å². The van der Waals surface area contributed by atoms with Gasteiger partial charge < -0.3 is 15.4 Å². The van der Waals surface area contributed by atoms with Gasteiger partial charge in [0.05, 0.1) is 17.9 Å². The number of aliphatic imine (C=N–C) groups is 1. The molecule has 9 heteroatoms. The Morgan fingerprint density at radius 3 is 2.67 bits per heavy atom. The lowest BCUT2D eigenvalue weighted by Crippen LogP contribution is -2.45. The summed E-state index contributed by atoms with van der Waals surface area (Å²) >= 11 is 0. The Morgan fingerprint density at radius 2 is 2.04 bits per heavy atom. The zero-order valence-electron chi connectivity index (χ0n) is 16.2. The van der Waals surface area contributed by atoms with E-state index in [1.807, 2.05) is 31.2 Å². The zero-order chi connectivity index (χ0) is 19.0. The van der Waals surface area contributed by atoms with Crippen LogP contribution in [0, 0.1) is 0 Å². The minimum atomic E-state index is -3.28. The highest BCUT2D eigenvalue weighted by Crippen LogP contribution is 2.23. The van der Waals surface area contributed by atoms with Gasteiger partial charge >= 0.3 is 0 Å². The van der Waals surface area contributed by atoms with Gasteiger partial charge in [0, 0.05) is 19.7 Å². The van der Waals surface area contributed by atoms with Crippen molar-refractivity contribution >= 4 is 40.0 Å². The summed E-state index contributed by atoms with van der Waals surface area (Å²) in [5.74, 6) is 0.701. The van der Waals surface area contributed by atoms with Crippen LogP contribution in [0.4, 0.5) is 0 Å². The van der Waals surface area contributed by atoms with Crippen LogP contribution in [-0.4, -0.2) is 46.7 Å². The first-order chi connectivity index (χ1) is 12.4. The maximum atomic E-state index is 11.7. The van der Waals surface area contributed by atoms with Crippen LogP contribution >= 0.6 is 24.0 Å². The molecule has 1 aliphatic rings. The molecule has 0 saturated carbocycles. The summed E-state index contributed by atoms with van der Waals surface area (Å²) in [4.78, 5) is 4.61. The van der Waals surface area contributed by atoms with Crippen molar-refractivity contribution in [2.45, 2.75) is 44.6 Å². The summed E-state index contributed by atoms with van der Waals surface area (Å²) < 4.78 is 31.5. The van der Waals surface area contributed by atoms with Crippen molar-refractivity contribution in [1.82, 2.24) is 15.4 Å². The van der Waals surface area contributed by atoms with Crippen LogP contribution in [0.15, 0.2) is 29.3 Å². The molecule has 1 atom stereocenters. The summed E-state index contributed by atoms with van der Waals surface area (Å²) in [5, 5.41) is 6.58. The van der Waals surface area contributed by atoms with Crippen molar-refractivity contribution in [1.29, 1.82) is 0 Å². The lowest BCUT2D eigenvalue weighted by molar-refractivity contribution is 0.0243. The number of nitrogens with one attached hydrogen (secondary N) is 3. The number of hydrogen-bond acceptors (Lipinski definition) is 4. The first-order valence-electron chi connectivity index (χ1n) is 9.01. The smallest absolute Gasteiger partial charge is 0.215 e. The van der Waals surface area contributed by atoms with Crippen molar-refractivity contribution in [2.75, 3.05) is 26.7 Å². The van der Waals surface area contributed by atoms with Gasteiger partial charge in [0.1, 0.15) is 0 Å². The van der Waals surface area contributed by atoms with Gasteiger partial charge in [0.2, 0.25) is 10.0 Å². The minimum Gasteiger partial charge on any atom is -0.373 e. The number of ether oxygens (including phenoxy) is 1. The molecular formula is C18H31IN4O3S. The van der Waals surface area contributed by atoms with E-state index in [1.54, 1.807) is 0 Å². The van der Waals surface area contributed by atoms with Crippen molar-refractivity contribution in [3.05, 3.63) is 35.4 Å². The number of nitrogens with zero attached hydrogens (tertiary/aromatic N) is 1. The molecule has 0 aromatic heterocycles. The molecule has 1 fully saturated rings. The van der Waals surface area contributed by atoms with E-state index in [1.165, 1.54) is 7.05 Å². The van der Waals surface area contributed by atoms with Crippen LogP contribution in [0.5, 0.6) is 0 Å². The highest BCUT2D eigenvalue weighted by molar-refractivity contribution is 14.0. The summed E-state index contributed by atoms with van der Waals surface area (Å²) in [6.07, 6.45) is 2.13. The summed E-state index contributed by atoms with van der Waals surface area (Å²) in [6, 6.07) is 7.50. The molecule has 1 unspecified atom stereocenters. The highest BCUT2D eigenvalue weighted by Gasteiger charge is 2.29. The SMILES string of the molecule is CCNC(=NCc1cccc(CS(=O)(=O)NC)c1)NCC1(C)CCCO1.I. The number of hydrogen-bond donors (Lipinski definition) is 3. The third kappa shape index (κ3) is 8.32. The number of halogens is 1. The summed E-state index contributed by atoms with van der Waals surface area (Å²) in [7, 11) is -1.86. The molecule has 0 aliphatic carbocycles. The van der Waals surface area contributed by atoms with Gasteiger partial charge in [-0.1, -0.05) is 24.3 Å². The summed E-state index contributed by atoms with van der Waals surface area (Å²) in [5.41, 5.74) is 1.57. The highest BCUT2D eigenvalue weighted by atomic mass is 127. The molecule has 7 nitrogen and oxygen atoms in total. The van der Waals surface area contributed by atoms with Crippen molar-refractivity contribution in [3.63, 3.8) is 0 Å². The third-order valence-corrected chi connectivity index (χ3v) is 5.69. The molecule has 3 N–H and O–H groups in total. The molecular weight excluding hydrogens is 479 g/mol. The Kier molecular flexibility index (Phi) is 9.99. The van der Waals surface area contributed by atoms with Crippen molar-refractivity contribution in [3.8, 4) is 0 Å². The molecule has 1 aliphatic heterocycles. The molecule has 2 rings (SSSR count). The zero-order valence-corrected chi connectivity index (χ0v) is 19.4. The van der Waals surface area contributed by atoms with Crippen LogP contribution in [0.1, 0.15) is 37.8 Å². The minimum absolute atomic E-state index is 0. The maximum absolute atomic E-state index is 11.7. The molecule has 0 bridgehead atoms. The summed E-state index contributed by atoms with van der Waals surface area (Å²) in [6.45, 7) is 6.90. The Labute approximate surface area is 179 Å². The Morgan fingerprint density at radius 1 is 1.30 bits per heavy atom. The van der Waals surface area contributed by atoms with Crippen LogP contribution in [0.2, 0.25) is 0 Å². The number of benzene rings is 1. The normalized spacial score (nSPS) is 20.2. The topological polar surface area (TPSA) is 91.8 Å². The predicted octanol–water partition coefficient (Wildman–Crippen LogP) is 1.98. The number of rotatable bonds is 8. The molecule has 1 aromatic rings. The fraction of sp³-hybridized carbons (Fsp3) is 0.611. The largest absolute Gasteiger partial charge is 0.373 e. The lowest BCUT2D eigenvalue weighted by Gasteiger charge is -2.24. The van der Waals surface area contributed by atoms with Gasteiger partial charge in [-0.2, -0.15) is 0 Å². The molecule has 1 aromatic carbocycles. The second-order valence-electron chi connectivity index (χ2n) is 6.73. The maximum Gasteiger partial charge on any atom is 0.215 e. The first kappa shape index (κ1) is 24.1. The Bertz CT molecular complexity index is 719. The lowest BCUT2D eigenvalue weighted by atomic mass is 10.0. The fourth-order valence-electron chi connectivity index (χ4n) is 2.87. The Hall–Kier alpha value is -0.910. The van der Waals surface area contributed by atoms with Crippen LogP contribution in [0.25, 0.3) is 0 Å². The van der Waals surface area contributed by atoms with Gasteiger partial charge in [-0.25, -0.2) is 18.1 Å². The molecule has 154 valence electrons. The van der Waals surface area contributed by atoms with Gasteiger partial charge in [-0.3, -0.25) is 0 Å². The number of sulfonamides is 1. The van der Waals surface area contributed by atoms with Crippen LogP contribution < -0.4 is 15.4 Å². The van der Waals surface area contributed by atoms with Gasteiger partial charge in [0.25, 0.3) is 0 Å². The van der Waals surface area contributed by atoms with E-state index in [9.17, 15) is 8.42 Å². The van der Waals surface area contributed by atoms with Crippen molar-refractivity contribution < 1.29 is 13.2 Å². The van der Waals surface area contributed by atoms with E-state index in [0.29, 0.717) is 13.1 Å². The van der Waals surface area contributed by atoms with E-state index >= 15 is 0 Å². The second kappa shape index (κ2) is 11.2. The molecule has 0 spiro atoms. The van der Waals surface area contributed by atoms with Gasteiger partial charge in [0.15, 0.2) is 5.96 Å². The average molecular weight is 510 g/mol. The van der Waals surface area contributed by atoms with Gasteiger partial charge in [-0.15, -0.1) is 24.0 Å². The first-order valence-corrected chi connectivity index (χ1v) is 10.7. The van der Waals surface area contributed by atoms with E-state index in [2.05, 4.69) is 27.3 Å². The van der Waals surface area contributed by atoms with Crippen molar-refractivity contribution in [2.24, 2.45) is 4.99 Å². The quantitative estimate of drug-likeness (QED) is 0.283. The predicted molar refractivity (Wildman–Crippen MR) is 120 cm³/mol. The van der Waals surface area contributed by atoms with E-state index in [4.69, 9.17) is 4.74 Å². The van der Waals surface area contributed by atoms with Gasteiger partial charge in [-0.05, 0) is 44.9 Å². The van der Waals surface area contributed by atoms with E-state index in [0.717, 1.165) is 43.1 Å². The van der Waals surface area contributed by atoms with Crippen LogP contribution in [0.3, 0.4) is 0 Å². The standard InChI is InChI=1S/C18H30N4O3S.HI/c1-4-20-17(22-14-18(2)9-6-10-25-18)21-12-15-7-5-8-16(11-15)13-26(23,24)19-3;/h5,7-8,11,19H,4,6,9-10,12-14H2,1-3H3,(H2,20,21,22);1H. The molecule has 1 heterocycles. The molecule has 1 saturated heterocycles. The third-order valence-electron chi connectivity index (χ3n) is 4.35. The Balaban J connectivity index is 0.00000364. The fourth-order valence-corrected chi connectivity index (χ4v) is 3.63.